The van der Waals surface area contributed by atoms with Crippen molar-refractivity contribution in [2.24, 2.45) is 5.92 Å². The van der Waals surface area contributed by atoms with E-state index in [4.69, 9.17) is 9.47 Å². The maximum absolute atomic E-state index is 13.5. The first kappa shape index (κ1) is 26.2. The molecule has 0 unspecified atom stereocenters. The number of benzene rings is 2. The lowest BCUT2D eigenvalue weighted by molar-refractivity contribution is -0.133. The number of amides is 3. The molecular formula is C26H32FN3O5. The van der Waals surface area contributed by atoms with Crippen LogP contribution in [0.15, 0.2) is 42.5 Å². The van der Waals surface area contributed by atoms with Gasteiger partial charge in [-0.3, -0.25) is 14.4 Å². The Morgan fingerprint density at radius 1 is 1.14 bits per heavy atom. The molecule has 1 heterocycles. The lowest BCUT2D eigenvalue weighted by atomic mass is 10.0. The normalized spacial score (nSPS) is 21.3. The second kappa shape index (κ2) is 11.3. The van der Waals surface area contributed by atoms with Crippen molar-refractivity contribution >= 4 is 23.4 Å². The standard InChI is InChI=1S/C26H32FN3O5/c1-16-13-30(18(3)31)17(2)15-35-23-10-9-21(28-25(32)19-7-6-8-20(27)11-19)12-22(23)26(33)29(4)14-24(16)34-5/h6-12,16-17,24H,13-15H2,1-5H3,(H,28,32)/t16-,17-,24-/m1/s1. The van der Waals surface area contributed by atoms with Crippen molar-refractivity contribution < 1.29 is 28.2 Å². The SMILES string of the molecule is CO[C@@H]1CN(C)C(=O)c2cc(NC(=O)c3cccc(F)c3)ccc2OC[C@@H](C)N(C(C)=O)C[C@H]1C. The fourth-order valence-electron chi connectivity index (χ4n) is 4.13. The number of likely N-dealkylation sites (N-methyl/N-ethyl adjacent to an activating group) is 1. The van der Waals surface area contributed by atoms with E-state index >= 15 is 0 Å². The summed E-state index contributed by atoms with van der Waals surface area (Å²) in [4.78, 5) is 41.6. The highest BCUT2D eigenvalue weighted by Gasteiger charge is 2.29. The molecule has 0 bridgehead atoms. The number of carbonyl (C=O) groups is 3. The van der Waals surface area contributed by atoms with Gasteiger partial charge in [0.25, 0.3) is 11.8 Å². The maximum Gasteiger partial charge on any atom is 0.257 e. The average Bonchev–Trinajstić information content (AvgIpc) is 2.83. The molecule has 1 aliphatic rings. The summed E-state index contributed by atoms with van der Waals surface area (Å²) in [5, 5.41) is 2.71. The molecule has 2 aromatic carbocycles. The van der Waals surface area contributed by atoms with Gasteiger partial charge in [0.1, 0.15) is 18.2 Å². The predicted octanol–water partition coefficient (Wildman–Crippen LogP) is 3.43. The molecule has 9 heteroatoms. The number of nitrogens with one attached hydrogen (secondary N) is 1. The van der Waals surface area contributed by atoms with E-state index in [1.165, 1.54) is 36.1 Å². The molecule has 0 saturated heterocycles. The van der Waals surface area contributed by atoms with Crippen LogP contribution in [0.25, 0.3) is 0 Å². The minimum absolute atomic E-state index is 0.0302. The minimum Gasteiger partial charge on any atom is -0.491 e. The number of rotatable bonds is 3. The van der Waals surface area contributed by atoms with Gasteiger partial charge in [0.15, 0.2) is 0 Å². The van der Waals surface area contributed by atoms with E-state index in [1.807, 2.05) is 13.8 Å². The number of hydrogen-bond donors (Lipinski definition) is 1. The Bertz CT molecular complexity index is 1090. The number of ether oxygens (including phenoxy) is 2. The topological polar surface area (TPSA) is 88.2 Å². The molecule has 0 spiro atoms. The number of anilines is 1. The molecule has 2 aromatic rings. The number of fused-ring (bicyclic) bond motifs is 1. The first-order valence-electron chi connectivity index (χ1n) is 11.5. The van der Waals surface area contributed by atoms with E-state index in [0.717, 1.165) is 6.07 Å². The van der Waals surface area contributed by atoms with E-state index in [1.54, 1.807) is 31.2 Å². The van der Waals surface area contributed by atoms with Crippen molar-refractivity contribution in [1.29, 1.82) is 0 Å². The molecule has 0 fully saturated rings. The van der Waals surface area contributed by atoms with Crippen LogP contribution in [0.5, 0.6) is 5.75 Å². The highest BCUT2D eigenvalue weighted by atomic mass is 19.1. The van der Waals surface area contributed by atoms with Crippen molar-refractivity contribution in [1.82, 2.24) is 9.80 Å². The molecule has 3 amide bonds. The fraction of sp³-hybridized carbons (Fsp3) is 0.423. The predicted molar refractivity (Wildman–Crippen MR) is 130 cm³/mol. The van der Waals surface area contributed by atoms with Gasteiger partial charge in [0.2, 0.25) is 5.91 Å². The number of carbonyl (C=O) groups excluding carboxylic acids is 3. The van der Waals surface area contributed by atoms with Crippen LogP contribution in [0.4, 0.5) is 10.1 Å². The number of nitrogens with zero attached hydrogens (tertiary/aromatic N) is 2. The third-order valence-electron chi connectivity index (χ3n) is 6.19. The quantitative estimate of drug-likeness (QED) is 0.720. The Morgan fingerprint density at radius 3 is 2.54 bits per heavy atom. The average molecular weight is 486 g/mol. The van der Waals surface area contributed by atoms with Crippen LogP contribution in [0.1, 0.15) is 41.5 Å². The number of halogens is 1. The lowest BCUT2D eigenvalue weighted by Gasteiger charge is -2.35. The molecule has 1 aliphatic heterocycles. The first-order chi connectivity index (χ1) is 16.6. The molecule has 8 nitrogen and oxygen atoms in total. The van der Waals surface area contributed by atoms with Crippen molar-refractivity contribution in [3.8, 4) is 5.75 Å². The lowest BCUT2D eigenvalue weighted by Crippen LogP contribution is -2.48. The molecule has 3 rings (SSSR count). The Balaban J connectivity index is 1.94. The summed E-state index contributed by atoms with van der Waals surface area (Å²) in [6.07, 6.45) is -0.294. The van der Waals surface area contributed by atoms with E-state index < -0.39 is 11.7 Å². The molecule has 3 atom stereocenters. The second-order valence-corrected chi connectivity index (χ2v) is 8.94. The third-order valence-corrected chi connectivity index (χ3v) is 6.19. The Morgan fingerprint density at radius 2 is 1.89 bits per heavy atom. The first-order valence-corrected chi connectivity index (χ1v) is 11.5. The summed E-state index contributed by atoms with van der Waals surface area (Å²) in [6.45, 7) is 6.35. The van der Waals surface area contributed by atoms with E-state index in [0.29, 0.717) is 24.5 Å². The minimum atomic E-state index is -0.518. The third kappa shape index (κ3) is 6.36. The summed E-state index contributed by atoms with van der Waals surface area (Å²) >= 11 is 0. The van der Waals surface area contributed by atoms with Crippen LogP contribution in [0.3, 0.4) is 0 Å². The van der Waals surface area contributed by atoms with Crippen LogP contribution in [-0.4, -0.2) is 73.5 Å². The van der Waals surface area contributed by atoms with Gasteiger partial charge in [-0.05, 0) is 43.3 Å². The zero-order valence-electron chi connectivity index (χ0n) is 20.7. The van der Waals surface area contributed by atoms with E-state index in [2.05, 4.69) is 5.32 Å². The highest BCUT2D eigenvalue weighted by Crippen LogP contribution is 2.27. The van der Waals surface area contributed by atoms with E-state index in [-0.39, 0.29) is 47.6 Å². The number of methoxy groups -OCH3 is 1. The van der Waals surface area contributed by atoms with Crippen molar-refractivity contribution in [2.75, 3.05) is 39.2 Å². The summed E-state index contributed by atoms with van der Waals surface area (Å²) in [5.41, 5.74) is 0.784. The largest absolute Gasteiger partial charge is 0.491 e. The molecular weight excluding hydrogens is 453 g/mol. The van der Waals surface area contributed by atoms with Gasteiger partial charge in [-0.15, -0.1) is 0 Å². The van der Waals surface area contributed by atoms with Crippen LogP contribution in [0.2, 0.25) is 0 Å². The van der Waals surface area contributed by atoms with Crippen molar-refractivity contribution in [3.05, 3.63) is 59.4 Å². The Labute approximate surface area is 205 Å². The molecule has 188 valence electrons. The van der Waals surface area contributed by atoms with Crippen LogP contribution >= 0.6 is 0 Å². The smallest absolute Gasteiger partial charge is 0.257 e. The monoisotopic (exact) mass is 485 g/mol. The van der Waals surface area contributed by atoms with Gasteiger partial charge in [-0.1, -0.05) is 13.0 Å². The Hall–Kier alpha value is -3.46. The van der Waals surface area contributed by atoms with Gasteiger partial charge in [-0.2, -0.15) is 0 Å². The van der Waals surface area contributed by atoms with Gasteiger partial charge in [0.05, 0.1) is 17.7 Å². The van der Waals surface area contributed by atoms with Crippen LogP contribution < -0.4 is 10.1 Å². The van der Waals surface area contributed by atoms with E-state index in [9.17, 15) is 18.8 Å². The second-order valence-electron chi connectivity index (χ2n) is 8.94. The molecule has 1 N–H and O–H groups in total. The molecule has 0 radical (unpaired) electrons. The zero-order chi connectivity index (χ0) is 25.7. The van der Waals surface area contributed by atoms with Crippen LogP contribution in [-0.2, 0) is 9.53 Å². The van der Waals surface area contributed by atoms with Crippen LogP contribution in [0, 0.1) is 11.7 Å². The van der Waals surface area contributed by atoms with Crippen molar-refractivity contribution in [3.63, 3.8) is 0 Å². The summed E-state index contributed by atoms with van der Waals surface area (Å²) in [6, 6.07) is 9.87. The Kier molecular flexibility index (Phi) is 8.45. The van der Waals surface area contributed by atoms with Gasteiger partial charge in [0, 0.05) is 51.3 Å². The highest BCUT2D eigenvalue weighted by molar-refractivity contribution is 6.05. The molecule has 0 saturated carbocycles. The summed E-state index contributed by atoms with van der Waals surface area (Å²) in [5.74, 6) is -1.08. The molecule has 0 aromatic heterocycles. The summed E-state index contributed by atoms with van der Waals surface area (Å²) < 4.78 is 25.2. The number of hydrogen-bond acceptors (Lipinski definition) is 5. The molecule has 35 heavy (non-hydrogen) atoms. The van der Waals surface area contributed by atoms with Gasteiger partial charge < -0.3 is 24.6 Å². The molecule has 0 aliphatic carbocycles. The van der Waals surface area contributed by atoms with Crippen molar-refractivity contribution in [2.45, 2.75) is 32.9 Å². The maximum atomic E-state index is 13.5. The zero-order valence-corrected chi connectivity index (χ0v) is 20.7. The fourth-order valence-corrected chi connectivity index (χ4v) is 4.13. The van der Waals surface area contributed by atoms with Gasteiger partial charge >= 0.3 is 0 Å². The summed E-state index contributed by atoms with van der Waals surface area (Å²) in [7, 11) is 3.25. The van der Waals surface area contributed by atoms with Gasteiger partial charge in [-0.25, -0.2) is 4.39 Å².